The van der Waals surface area contributed by atoms with Gasteiger partial charge in [0.05, 0.1) is 20.0 Å². The van der Waals surface area contributed by atoms with E-state index >= 15 is 0 Å². The zero-order valence-electron chi connectivity index (χ0n) is 13.7. The number of methoxy groups -OCH3 is 1. The highest BCUT2D eigenvalue weighted by Crippen LogP contribution is 2.07. The lowest BCUT2D eigenvalue weighted by Gasteiger charge is -1.99. The predicted molar refractivity (Wildman–Crippen MR) is 88.6 cm³/mol. The lowest BCUT2D eigenvalue weighted by atomic mass is 10.1. The Morgan fingerprint density at radius 2 is 1.55 bits per heavy atom. The van der Waals surface area contributed by atoms with Crippen molar-refractivity contribution in [3.63, 3.8) is 0 Å². The van der Waals surface area contributed by atoms with Crippen LogP contribution in [0, 0.1) is 35.5 Å². The molecule has 0 rings (SSSR count). The van der Waals surface area contributed by atoms with Gasteiger partial charge in [0.1, 0.15) is 6.10 Å². The Labute approximate surface area is 134 Å². The van der Waals surface area contributed by atoms with Gasteiger partial charge in [-0.3, -0.25) is 4.79 Å². The summed E-state index contributed by atoms with van der Waals surface area (Å²) in [6, 6.07) is 0. The summed E-state index contributed by atoms with van der Waals surface area (Å²) in [5, 5.41) is 8.91. The van der Waals surface area contributed by atoms with Crippen LogP contribution < -0.4 is 0 Å². The van der Waals surface area contributed by atoms with E-state index in [1.165, 1.54) is 7.11 Å². The summed E-state index contributed by atoms with van der Waals surface area (Å²) >= 11 is 0. The predicted octanol–water partition coefficient (Wildman–Crippen LogP) is 3.06. The highest BCUT2D eigenvalue weighted by Gasteiger charge is 1.98. The third kappa shape index (κ3) is 16.2. The molecule has 1 atom stereocenters. The van der Waals surface area contributed by atoms with E-state index in [0.29, 0.717) is 19.3 Å². The molecule has 0 fully saturated rings. The molecular weight excluding hydrogens is 276 g/mol. The van der Waals surface area contributed by atoms with Crippen LogP contribution in [0.2, 0.25) is 0 Å². The van der Waals surface area contributed by atoms with Gasteiger partial charge < -0.3 is 9.84 Å². The Morgan fingerprint density at radius 3 is 2.23 bits per heavy atom. The van der Waals surface area contributed by atoms with Crippen molar-refractivity contribution in [2.45, 2.75) is 70.8 Å². The van der Waals surface area contributed by atoms with Gasteiger partial charge in [-0.25, -0.2) is 0 Å². The summed E-state index contributed by atoms with van der Waals surface area (Å²) in [6.45, 7) is 1.63. The van der Waals surface area contributed by atoms with Crippen molar-refractivity contribution in [1.29, 1.82) is 0 Å². The molecule has 3 nitrogen and oxygen atoms in total. The number of ether oxygens (including phenoxy) is 1. The largest absolute Gasteiger partial charge is 0.469 e. The fourth-order valence-corrected chi connectivity index (χ4v) is 1.68. The van der Waals surface area contributed by atoms with Crippen LogP contribution in [0.1, 0.15) is 64.7 Å². The Balaban J connectivity index is 3.42. The van der Waals surface area contributed by atoms with Crippen molar-refractivity contribution in [3.05, 3.63) is 0 Å². The monoisotopic (exact) mass is 302 g/mol. The number of carbonyl (C=O) groups excluding carboxylic acids is 1. The van der Waals surface area contributed by atoms with E-state index in [-0.39, 0.29) is 5.97 Å². The molecule has 0 aliphatic heterocycles. The van der Waals surface area contributed by atoms with Crippen molar-refractivity contribution in [3.8, 4) is 35.5 Å². The molecule has 0 saturated carbocycles. The number of hydrogen-bond donors (Lipinski definition) is 1. The topological polar surface area (TPSA) is 46.5 Å². The number of esters is 1. The first-order chi connectivity index (χ1) is 10.7. The van der Waals surface area contributed by atoms with Gasteiger partial charge in [0, 0.05) is 12.8 Å². The minimum absolute atomic E-state index is 0.121. The Bertz CT molecular complexity index is 472. The summed E-state index contributed by atoms with van der Waals surface area (Å²) in [4.78, 5) is 10.9. The molecule has 0 bridgehead atoms. The van der Waals surface area contributed by atoms with E-state index in [1.54, 1.807) is 6.92 Å². The number of aliphatic hydroxyl groups excluding tert-OH is 1. The molecule has 0 heterocycles. The van der Waals surface area contributed by atoms with E-state index in [4.69, 9.17) is 5.11 Å². The average molecular weight is 302 g/mol. The van der Waals surface area contributed by atoms with Gasteiger partial charge in [0.15, 0.2) is 0 Å². The molecule has 0 aromatic carbocycles. The third-order valence-corrected chi connectivity index (χ3v) is 2.82. The normalized spacial score (nSPS) is 10.1. The summed E-state index contributed by atoms with van der Waals surface area (Å²) in [6.07, 6.45) is 7.27. The summed E-state index contributed by atoms with van der Waals surface area (Å²) in [7, 11) is 1.42. The molecule has 0 spiro atoms. The third-order valence-electron chi connectivity index (χ3n) is 2.82. The Kier molecular flexibility index (Phi) is 14.2. The van der Waals surface area contributed by atoms with Crippen molar-refractivity contribution in [2.24, 2.45) is 0 Å². The van der Waals surface area contributed by atoms with E-state index in [9.17, 15) is 4.79 Å². The number of aliphatic hydroxyl groups is 1. The molecule has 0 aliphatic carbocycles. The maximum Gasteiger partial charge on any atom is 0.305 e. The van der Waals surface area contributed by atoms with E-state index in [1.807, 2.05) is 0 Å². The average Bonchev–Trinajstić information content (AvgIpc) is 2.50. The zero-order valence-corrected chi connectivity index (χ0v) is 13.7. The van der Waals surface area contributed by atoms with Gasteiger partial charge in [-0.2, -0.15) is 0 Å². The highest BCUT2D eigenvalue weighted by atomic mass is 16.5. The Hall–Kier alpha value is -1.89. The maximum absolute atomic E-state index is 10.9. The first kappa shape index (κ1) is 20.1. The van der Waals surface area contributed by atoms with Crippen LogP contribution in [0.25, 0.3) is 0 Å². The smallest absolute Gasteiger partial charge is 0.305 e. The van der Waals surface area contributed by atoms with E-state index < -0.39 is 6.10 Å². The van der Waals surface area contributed by atoms with Crippen molar-refractivity contribution < 1.29 is 14.6 Å². The second-order valence-corrected chi connectivity index (χ2v) is 4.90. The van der Waals surface area contributed by atoms with E-state index in [2.05, 4.69) is 40.3 Å². The summed E-state index contributed by atoms with van der Waals surface area (Å²) < 4.78 is 4.59. The Morgan fingerprint density at radius 1 is 0.955 bits per heavy atom. The lowest BCUT2D eigenvalue weighted by molar-refractivity contribution is -0.140. The minimum Gasteiger partial charge on any atom is -0.469 e. The second kappa shape index (κ2) is 15.5. The van der Waals surface area contributed by atoms with Gasteiger partial charge in [0.25, 0.3) is 0 Å². The van der Waals surface area contributed by atoms with Gasteiger partial charge in [-0.15, -0.1) is 5.92 Å². The van der Waals surface area contributed by atoms with Crippen LogP contribution in [0.5, 0.6) is 0 Å². The molecule has 0 saturated heterocycles. The fraction of sp³-hybridized carbons (Fsp3) is 0.632. The van der Waals surface area contributed by atoms with Gasteiger partial charge in [-0.05, 0) is 19.8 Å². The summed E-state index contributed by atoms with van der Waals surface area (Å²) in [5.41, 5.74) is 0. The molecule has 120 valence electrons. The molecule has 1 N–H and O–H groups in total. The molecule has 0 radical (unpaired) electrons. The molecule has 0 aromatic heterocycles. The molecule has 1 unspecified atom stereocenters. The molecule has 0 amide bonds. The van der Waals surface area contributed by atoms with Gasteiger partial charge in [-0.1, -0.05) is 48.9 Å². The van der Waals surface area contributed by atoms with Crippen LogP contribution in [0.15, 0.2) is 0 Å². The second-order valence-electron chi connectivity index (χ2n) is 4.90. The van der Waals surface area contributed by atoms with Crippen molar-refractivity contribution in [1.82, 2.24) is 0 Å². The SMILES string of the molecule is COC(=O)CCCCCCCC#CCC#CCC#CC(C)O. The van der Waals surface area contributed by atoms with E-state index in [0.717, 1.165) is 38.5 Å². The highest BCUT2D eigenvalue weighted by molar-refractivity contribution is 5.68. The van der Waals surface area contributed by atoms with Crippen LogP contribution in [-0.2, 0) is 9.53 Å². The molecule has 0 aromatic rings. The van der Waals surface area contributed by atoms with Crippen LogP contribution in [-0.4, -0.2) is 24.3 Å². The number of hydrogen-bond acceptors (Lipinski definition) is 3. The molecule has 22 heavy (non-hydrogen) atoms. The summed E-state index contributed by atoms with van der Waals surface area (Å²) in [5.74, 6) is 17.3. The molecule has 3 heteroatoms. The van der Waals surface area contributed by atoms with Gasteiger partial charge >= 0.3 is 5.97 Å². The van der Waals surface area contributed by atoms with Crippen molar-refractivity contribution in [2.75, 3.05) is 7.11 Å². The number of unbranched alkanes of at least 4 members (excludes halogenated alkanes) is 5. The minimum atomic E-state index is -0.581. The lowest BCUT2D eigenvalue weighted by Crippen LogP contribution is -1.99. The van der Waals surface area contributed by atoms with Crippen LogP contribution in [0.4, 0.5) is 0 Å². The fourth-order valence-electron chi connectivity index (χ4n) is 1.68. The first-order valence-corrected chi connectivity index (χ1v) is 7.81. The van der Waals surface area contributed by atoms with Crippen LogP contribution >= 0.6 is 0 Å². The number of carbonyl (C=O) groups is 1. The van der Waals surface area contributed by atoms with Crippen molar-refractivity contribution >= 4 is 5.97 Å². The quantitative estimate of drug-likeness (QED) is 0.447. The standard InChI is InChI=1S/C19H26O3/c1-18(20)16-14-12-10-8-6-4-3-5-7-9-11-13-15-17-19(21)22-2/h18,20H,5-7,9,11-13,15,17H2,1-2H3. The number of rotatable bonds is 7. The molecular formula is C19H26O3. The molecule has 0 aliphatic rings. The van der Waals surface area contributed by atoms with Gasteiger partial charge in [0.2, 0.25) is 0 Å². The van der Waals surface area contributed by atoms with Crippen LogP contribution in [0.3, 0.4) is 0 Å². The maximum atomic E-state index is 10.9. The zero-order chi connectivity index (χ0) is 16.5. The first-order valence-electron chi connectivity index (χ1n) is 7.81.